The summed E-state index contributed by atoms with van der Waals surface area (Å²) in [7, 11) is 2.02. The van der Waals surface area contributed by atoms with E-state index in [2.05, 4.69) is 0 Å². The molecular formula is C8H12BNO2S2. The maximum absolute atomic E-state index is 11.2. The SMILES string of the molecule is [B]c1ccc(CC(C)(C)S(N)(=O)=O)s1. The van der Waals surface area contributed by atoms with Crippen LogP contribution in [-0.2, 0) is 16.4 Å². The zero-order chi connectivity index (χ0) is 11.0. The molecule has 0 aliphatic rings. The molecule has 6 heteroatoms. The molecule has 1 aromatic rings. The molecule has 1 rings (SSSR count). The topological polar surface area (TPSA) is 60.2 Å². The Labute approximate surface area is 89.8 Å². The zero-order valence-electron chi connectivity index (χ0n) is 8.15. The Morgan fingerprint density at radius 1 is 1.50 bits per heavy atom. The molecule has 0 amide bonds. The standard InChI is InChI=1S/C8H12BNO2S2/c1-8(2,14(10,11)12)5-6-3-4-7(9)13-6/h3-4H,5H2,1-2H3,(H2,10,11,12). The van der Waals surface area contributed by atoms with Crippen LogP contribution in [0.2, 0.25) is 0 Å². The molecule has 0 spiro atoms. The van der Waals surface area contributed by atoms with Gasteiger partial charge in [0.15, 0.2) is 0 Å². The van der Waals surface area contributed by atoms with Crippen LogP contribution >= 0.6 is 11.3 Å². The van der Waals surface area contributed by atoms with Gasteiger partial charge >= 0.3 is 0 Å². The fourth-order valence-corrected chi connectivity index (χ4v) is 2.47. The van der Waals surface area contributed by atoms with Crippen molar-refractivity contribution in [2.75, 3.05) is 0 Å². The van der Waals surface area contributed by atoms with E-state index in [-0.39, 0.29) is 0 Å². The van der Waals surface area contributed by atoms with Crippen LogP contribution in [-0.4, -0.2) is 21.0 Å². The smallest absolute Gasteiger partial charge is 0.214 e. The minimum absolute atomic E-state index is 0.397. The lowest BCUT2D eigenvalue weighted by Gasteiger charge is -2.20. The molecule has 0 aliphatic heterocycles. The first-order valence-electron chi connectivity index (χ1n) is 4.09. The molecule has 0 saturated carbocycles. The summed E-state index contributed by atoms with van der Waals surface area (Å²) in [4.78, 5) is 0.932. The molecule has 0 saturated heterocycles. The van der Waals surface area contributed by atoms with Crippen LogP contribution in [0, 0.1) is 0 Å². The number of hydrogen-bond donors (Lipinski definition) is 1. The quantitative estimate of drug-likeness (QED) is 0.750. The second-order valence-corrected chi connectivity index (χ2v) is 7.18. The van der Waals surface area contributed by atoms with E-state index in [1.165, 1.54) is 11.3 Å². The van der Waals surface area contributed by atoms with Crippen molar-refractivity contribution in [3.05, 3.63) is 17.0 Å². The van der Waals surface area contributed by atoms with Crippen LogP contribution < -0.4 is 9.92 Å². The van der Waals surface area contributed by atoms with Gasteiger partial charge in [0.25, 0.3) is 0 Å². The average molecular weight is 229 g/mol. The lowest BCUT2D eigenvalue weighted by Crippen LogP contribution is -2.39. The van der Waals surface area contributed by atoms with E-state index in [0.29, 0.717) is 11.2 Å². The third-order valence-electron chi connectivity index (χ3n) is 2.05. The van der Waals surface area contributed by atoms with Crippen molar-refractivity contribution in [2.45, 2.75) is 25.0 Å². The molecule has 76 valence electrons. The van der Waals surface area contributed by atoms with E-state index in [1.54, 1.807) is 19.9 Å². The van der Waals surface area contributed by atoms with E-state index >= 15 is 0 Å². The first-order valence-corrected chi connectivity index (χ1v) is 6.45. The Morgan fingerprint density at radius 2 is 2.07 bits per heavy atom. The number of thiophene rings is 1. The van der Waals surface area contributed by atoms with Crippen LogP contribution in [0.25, 0.3) is 0 Å². The highest BCUT2D eigenvalue weighted by molar-refractivity contribution is 7.90. The van der Waals surface area contributed by atoms with Crippen molar-refractivity contribution in [1.82, 2.24) is 0 Å². The van der Waals surface area contributed by atoms with Gasteiger partial charge in [0.2, 0.25) is 10.0 Å². The van der Waals surface area contributed by atoms with Gasteiger partial charge in [0.05, 0.1) is 4.75 Å². The van der Waals surface area contributed by atoms with Gasteiger partial charge in [-0.05, 0) is 24.7 Å². The Hall–Kier alpha value is -0.325. The molecule has 2 N–H and O–H groups in total. The fraction of sp³-hybridized carbons (Fsp3) is 0.500. The summed E-state index contributed by atoms with van der Waals surface area (Å²) in [5.41, 5.74) is 0. The fourth-order valence-electron chi connectivity index (χ4n) is 1.01. The molecule has 0 fully saturated rings. The predicted octanol–water partition coefficient (Wildman–Crippen LogP) is 0.152. The molecule has 3 nitrogen and oxygen atoms in total. The average Bonchev–Trinajstić information content (AvgIpc) is 2.31. The summed E-state index contributed by atoms with van der Waals surface area (Å²) in [5.74, 6) is 0. The monoisotopic (exact) mass is 229 g/mol. The van der Waals surface area contributed by atoms with Crippen molar-refractivity contribution in [1.29, 1.82) is 0 Å². The first kappa shape index (κ1) is 11.7. The molecule has 1 aromatic heterocycles. The Bertz CT molecular complexity index is 422. The van der Waals surface area contributed by atoms with E-state index in [1.807, 2.05) is 6.07 Å². The number of sulfonamides is 1. The van der Waals surface area contributed by atoms with E-state index in [4.69, 9.17) is 13.0 Å². The van der Waals surface area contributed by atoms with Gasteiger partial charge in [0, 0.05) is 11.3 Å². The van der Waals surface area contributed by atoms with Gasteiger partial charge in [-0.1, -0.05) is 6.07 Å². The summed E-state index contributed by atoms with van der Waals surface area (Å²) in [6.45, 7) is 3.22. The number of rotatable bonds is 3. The lowest BCUT2D eigenvalue weighted by atomic mass is 10.1. The van der Waals surface area contributed by atoms with Gasteiger partial charge in [-0.15, -0.1) is 0 Å². The maximum atomic E-state index is 11.2. The van der Waals surface area contributed by atoms with E-state index in [9.17, 15) is 8.42 Å². The minimum atomic E-state index is -3.53. The van der Waals surface area contributed by atoms with Crippen molar-refractivity contribution in [3.8, 4) is 0 Å². The Balaban J connectivity index is 2.89. The van der Waals surface area contributed by atoms with Crippen LogP contribution in [0.5, 0.6) is 0 Å². The predicted molar refractivity (Wildman–Crippen MR) is 60.6 cm³/mol. The minimum Gasteiger partial charge on any atom is -0.228 e. The van der Waals surface area contributed by atoms with E-state index in [0.717, 1.165) is 4.88 Å². The number of nitrogens with two attached hydrogens (primary N) is 1. The summed E-state index contributed by atoms with van der Waals surface area (Å²) in [6.07, 6.45) is 0.397. The summed E-state index contributed by atoms with van der Waals surface area (Å²) < 4.78 is 22.2. The molecule has 2 radical (unpaired) electrons. The molecule has 0 aliphatic carbocycles. The second-order valence-electron chi connectivity index (χ2n) is 3.79. The third kappa shape index (κ3) is 2.59. The van der Waals surface area contributed by atoms with Crippen LogP contribution in [0.1, 0.15) is 18.7 Å². The molecule has 0 bridgehead atoms. The summed E-state index contributed by atoms with van der Waals surface area (Å²) >= 11 is 1.39. The highest BCUT2D eigenvalue weighted by Crippen LogP contribution is 2.21. The third-order valence-corrected chi connectivity index (χ3v) is 4.65. The highest BCUT2D eigenvalue weighted by Gasteiger charge is 2.31. The van der Waals surface area contributed by atoms with Gasteiger partial charge in [0.1, 0.15) is 7.85 Å². The van der Waals surface area contributed by atoms with Crippen LogP contribution in [0.4, 0.5) is 0 Å². The van der Waals surface area contributed by atoms with Gasteiger partial charge in [-0.25, -0.2) is 13.6 Å². The summed E-state index contributed by atoms with van der Waals surface area (Å²) in [5, 5.41) is 5.11. The molecule has 0 aromatic carbocycles. The largest absolute Gasteiger partial charge is 0.228 e. The number of hydrogen-bond acceptors (Lipinski definition) is 3. The molecule has 0 atom stereocenters. The van der Waals surface area contributed by atoms with Crippen LogP contribution in [0.15, 0.2) is 12.1 Å². The highest BCUT2D eigenvalue weighted by atomic mass is 32.2. The molecule has 1 heterocycles. The first-order chi connectivity index (χ1) is 6.22. The van der Waals surface area contributed by atoms with Gasteiger partial charge in [-0.2, -0.15) is 11.3 Å². The zero-order valence-corrected chi connectivity index (χ0v) is 9.78. The number of primary sulfonamides is 1. The van der Waals surface area contributed by atoms with Crippen molar-refractivity contribution < 1.29 is 8.42 Å². The molecule has 0 unspecified atom stereocenters. The molecule has 14 heavy (non-hydrogen) atoms. The van der Waals surface area contributed by atoms with Gasteiger partial charge < -0.3 is 0 Å². The summed E-state index contributed by atoms with van der Waals surface area (Å²) in [6, 6.07) is 3.59. The van der Waals surface area contributed by atoms with Crippen molar-refractivity contribution in [3.63, 3.8) is 0 Å². The molecular weight excluding hydrogens is 217 g/mol. The van der Waals surface area contributed by atoms with Crippen molar-refractivity contribution in [2.24, 2.45) is 5.14 Å². The van der Waals surface area contributed by atoms with Crippen molar-refractivity contribution >= 4 is 34.0 Å². The van der Waals surface area contributed by atoms with Crippen LogP contribution in [0.3, 0.4) is 0 Å². The Morgan fingerprint density at radius 3 is 2.43 bits per heavy atom. The normalized spacial score (nSPS) is 13.1. The second kappa shape index (κ2) is 3.68. The maximum Gasteiger partial charge on any atom is 0.214 e. The van der Waals surface area contributed by atoms with E-state index < -0.39 is 14.8 Å². The lowest BCUT2D eigenvalue weighted by molar-refractivity contribution is 0.547. The van der Waals surface area contributed by atoms with Gasteiger partial charge in [-0.3, -0.25) is 0 Å². The Kier molecular flexibility index (Phi) is 3.09.